The number of rotatable bonds is 6. The Labute approximate surface area is 172 Å². The van der Waals surface area contributed by atoms with E-state index in [0.29, 0.717) is 22.5 Å². The van der Waals surface area contributed by atoms with Gasteiger partial charge in [0.25, 0.3) is 5.91 Å². The first-order chi connectivity index (χ1) is 14.6. The van der Waals surface area contributed by atoms with E-state index in [0.717, 1.165) is 10.9 Å². The Morgan fingerprint density at radius 3 is 2.63 bits per heavy atom. The van der Waals surface area contributed by atoms with Gasteiger partial charge in [-0.05, 0) is 35.4 Å². The number of fused-ring (bicyclic) bond motifs is 1. The number of aliphatic hydroxyl groups excluding tert-OH is 1. The molecule has 1 atom stereocenters. The SMILES string of the molecule is COc1ccc2c(-c3ccccc3)c(C(=O)NCC(O)c3cccc(F)c3)oc2c1. The summed E-state index contributed by atoms with van der Waals surface area (Å²) >= 11 is 0. The van der Waals surface area contributed by atoms with Gasteiger partial charge < -0.3 is 19.6 Å². The van der Waals surface area contributed by atoms with Gasteiger partial charge in [-0.25, -0.2) is 4.39 Å². The van der Waals surface area contributed by atoms with E-state index >= 15 is 0 Å². The van der Waals surface area contributed by atoms with Crippen molar-refractivity contribution in [3.8, 4) is 16.9 Å². The predicted molar refractivity (Wildman–Crippen MR) is 112 cm³/mol. The van der Waals surface area contributed by atoms with Crippen molar-refractivity contribution in [3.63, 3.8) is 0 Å². The number of ether oxygens (including phenoxy) is 1. The molecule has 5 nitrogen and oxygen atoms in total. The van der Waals surface area contributed by atoms with Crippen LogP contribution in [-0.2, 0) is 0 Å². The molecule has 0 saturated heterocycles. The Kier molecular flexibility index (Phi) is 5.50. The molecule has 0 saturated carbocycles. The number of nitrogens with one attached hydrogen (secondary N) is 1. The lowest BCUT2D eigenvalue weighted by atomic mass is 10.0. The molecule has 0 fully saturated rings. The highest BCUT2D eigenvalue weighted by Crippen LogP contribution is 2.36. The van der Waals surface area contributed by atoms with Crippen LogP contribution in [0.25, 0.3) is 22.1 Å². The fourth-order valence-electron chi connectivity index (χ4n) is 3.36. The van der Waals surface area contributed by atoms with E-state index in [1.807, 2.05) is 36.4 Å². The van der Waals surface area contributed by atoms with Gasteiger partial charge in [-0.1, -0.05) is 42.5 Å². The Bertz CT molecular complexity index is 1190. The van der Waals surface area contributed by atoms with Gasteiger partial charge in [0.05, 0.1) is 13.2 Å². The van der Waals surface area contributed by atoms with Crippen molar-refractivity contribution < 1.29 is 23.4 Å². The van der Waals surface area contributed by atoms with Crippen LogP contribution in [0.1, 0.15) is 22.2 Å². The first-order valence-corrected chi connectivity index (χ1v) is 9.44. The maximum absolute atomic E-state index is 13.4. The summed E-state index contributed by atoms with van der Waals surface area (Å²) in [4.78, 5) is 12.9. The van der Waals surface area contributed by atoms with Gasteiger partial charge in [0.2, 0.25) is 5.76 Å². The Balaban J connectivity index is 1.66. The van der Waals surface area contributed by atoms with Crippen LogP contribution in [0.3, 0.4) is 0 Å². The normalized spacial score (nSPS) is 12.0. The van der Waals surface area contributed by atoms with E-state index in [1.165, 1.54) is 18.2 Å². The highest BCUT2D eigenvalue weighted by molar-refractivity contribution is 6.08. The Hall–Kier alpha value is -3.64. The molecule has 30 heavy (non-hydrogen) atoms. The number of furan rings is 1. The Morgan fingerprint density at radius 1 is 1.10 bits per heavy atom. The van der Waals surface area contributed by atoms with Gasteiger partial charge in [0.1, 0.15) is 17.1 Å². The van der Waals surface area contributed by atoms with E-state index in [9.17, 15) is 14.3 Å². The topological polar surface area (TPSA) is 71.7 Å². The molecule has 1 heterocycles. The van der Waals surface area contributed by atoms with Gasteiger partial charge >= 0.3 is 0 Å². The lowest BCUT2D eigenvalue weighted by Gasteiger charge is -2.12. The largest absolute Gasteiger partial charge is 0.497 e. The molecule has 0 aliphatic carbocycles. The number of benzene rings is 3. The van der Waals surface area contributed by atoms with Crippen LogP contribution in [-0.4, -0.2) is 24.7 Å². The number of halogens is 1. The number of methoxy groups -OCH3 is 1. The molecule has 0 aliphatic rings. The first kappa shape index (κ1) is 19.7. The quantitative estimate of drug-likeness (QED) is 0.487. The third-order valence-corrected chi connectivity index (χ3v) is 4.86. The standard InChI is InChI=1S/C24H20FNO4/c1-29-18-10-11-19-21(13-18)30-23(22(19)15-6-3-2-4-7-15)24(28)26-14-20(27)16-8-5-9-17(25)12-16/h2-13,20,27H,14H2,1H3,(H,26,28). The molecule has 152 valence electrons. The summed E-state index contributed by atoms with van der Waals surface area (Å²) in [5.41, 5.74) is 2.39. The number of hydrogen-bond acceptors (Lipinski definition) is 4. The highest BCUT2D eigenvalue weighted by Gasteiger charge is 2.23. The molecule has 0 radical (unpaired) electrons. The molecule has 1 unspecified atom stereocenters. The second-order valence-electron chi connectivity index (χ2n) is 6.82. The monoisotopic (exact) mass is 405 g/mol. The molecule has 0 spiro atoms. The van der Waals surface area contributed by atoms with Crippen LogP contribution >= 0.6 is 0 Å². The summed E-state index contributed by atoms with van der Waals surface area (Å²) in [7, 11) is 1.56. The van der Waals surface area contributed by atoms with Crippen LogP contribution < -0.4 is 10.1 Å². The van der Waals surface area contributed by atoms with Crippen molar-refractivity contribution in [2.75, 3.05) is 13.7 Å². The van der Waals surface area contributed by atoms with E-state index < -0.39 is 17.8 Å². The summed E-state index contributed by atoms with van der Waals surface area (Å²) in [5.74, 6) is -0.171. The molecule has 1 amide bonds. The number of amides is 1. The van der Waals surface area contributed by atoms with E-state index in [-0.39, 0.29) is 12.3 Å². The van der Waals surface area contributed by atoms with Crippen LogP contribution in [0.4, 0.5) is 4.39 Å². The van der Waals surface area contributed by atoms with Crippen LogP contribution in [0.2, 0.25) is 0 Å². The molecule has 0 bridgehead atoms. The second-order valence-corrected chi connectivity index (χ2v) is 6.82. The lowest BCUT2D eigenvalue weighted by Crippen LogP contribution is -2.28. The number of carbonyl (C=O) groups is 1. The van der Waals surface area contributed by atoms with Crippen LogP contribution in [0, 0.1) is 5.82 Å². The van der Waals surface area contributed by atoms with Crippen molar-refractivity contribution in [1.29, 1.82) is 0 Å². The smallest absolute Gasteiger partial charge is 0.287 e. The zero-order valence-electron chi connectivity index (χ0n) is 16.3. The third kappa shape index (κ3) is 3.90. The molecular weight excluding hydrogens is 385 g/mol. The summed E-state index contributed by atoms with van der Waals surface area (Å²) < 4.78 is 24.5. The van der Waals surface area contributed by atoms with Gasteiger partial charge in [-0.3, -0.25) is 4.79 Å². The fraction of sp³-hybridized carbons (Fsp3) is 0.125. The molecule has 2 N–H and O–H groups in total. The molecular formula is C24H20FNO4. The van der Waals surface area contributed by atoms with Crippen molar-refractivity contribution in [1.82, 2.24) is 5.32 Å². The molecule has 6 heteroatoms. The summed E-state index contributed by atoms with van der Waals surface area (Å²) in [6.07, 6.45) is -1.05. The maximum Gasteiger partial charge on any atom is 0.287 e. The first-order valence-electron chi connectivity index (χ1n) is 9.44. The van der Waals surface area contributed by atoms with E-state index in [4.69, 9.17) is 9.15 Å². The van der Waals surface area contributed by atoms with E-state index in [2.05, 4.69) is 5.32 Å². The lowest BCUT2D eigenvalue weighted by molar-refractivity contribution is 0.0892. The van der Waals surface area contributed by atoms with E-state index in [1.54, 1.807) is 25.3 Å². The highest BCUT2D eigenvalue weighted by atomic mass is 19.1. The van der Waals surface area contributed by atoms with Crippen molar-refractivity contribution in [2.45, 2.75) is 6.10 Å². The summed E-state index contributed by atoms with van der Waals surface area (Å²) in [6.45, 7) is -0.0864. The van der Waals surface area contributed by atoms with Gasteiger partial charge in [0, 0.05) is 23.6 Å². The van der Waals surface area contributed by atoms with Crippen LogP contribution in [0.15, 0.2) is 77.2 Å². The fourth-order valence-corrected chi connectivity index (χ4v) is 3.36. The number of aliphatic hydroxyl groups is 1. The molecule has 1 aromatic heterocycles. The summed E-state index contributed by atoms with van der Waals surface area (Å²) in [5, 5.41) is 13.8. The second kappa shape index (κ2) is 8.39. The zero-order valence-corrected chi connectivity index (χ0v) is 16.3. The maximum atomic E-state index is 13.4. The molecule has 4 aromatic rings. The Morgan fingerprint density at radius 2 is 1.90 bits per heavy atom. The van der Waals surface area contributed by atoms with Gasteiger partial charge in [0.15, 0.2) is 0 Å². The minimum atomic E-state index is -1.05. The van der Waals surface area contributed by atoms with Gasteiger partial charge in [-0.2, -0.15) is 0 Å². The van der Waals surface area contributed by atoms with Gasteiger partial charge in [-0.15, -0.1) is 0 Å². The van der Waals surface area contributed by atoms with Crippen molar-refractivity contribution >= 4 is 16.9 Å². The van der Waals surface area contributed by atoms with Crippen molar-refractivity contribution in [2.24, 2.45) is 0 Å². The number of carbonyl (C=O) groups excluding carboxylic acids is 1. The average molecular weight is 405 g/mol. The molecule has 0 aliphatic heterocycles. The van der Waals surface area contributed by atoms with Crippen molar-refractivity contribution in [3.05, 3.63) is 89.9 Å². The zero-order chi connectivity index (χ0) is 21.1. The predicted octanol–water partition coefficient (Wildman–Crippen LogP) is 4.71. The third-order valence-electron chi connectivity index (χ3n) is 4.86. The van der Waals surface area contributed by atoms with Crippen LogP contribution in [0.5, 0.6) is 5.75 Å². The summed E-state index contributed by atoms with van der Waals surface area (Å²) in [6, 6.07) is 20.5. The minimum absolute atomic E-state index is 0.0864. The number of hydrogen-bond donors (Lipinski definition) is 2. The molecule has 3 aromatic carbocycles. The average Bonchev–Trinajstić information content (AvgIpc) is 3.16. The molecule has 4 rings (SSSR count). The minimum Gasteiger partial charge on any atom is -0.497 e.